The molecule has 0 aliphatic rings. The number of carbonyl (C=O) groups is 1. The highest BCUT2D eigenvalue weighted by molar-refractivity contribution is 5.90. The van der Waals surface area contributed by atoms with Crippen LogP contribution in [0.5, 0.6) is 0 Å². The summed E-state index contributed by atoms with van der Waals surface area (Å²) < 4.78 is 1.64. The molecule has 3 aromatic rings. The van der Waals surface area contributed by atoms with Crippen LogP contribution in [0, 0.1) is 0 Å². The summed E-state index contributed by atoms with van der Waals surface area (Å²) in [5.41, 5.74) is 3.68. The fraction of sp³-hybridized carbons (Fsp3) is 0.476. The lowest BCUT2D eigenvalue weighted by atomic mass is 10.1. The molecule has 0 radical (unpaired) electrons. The first-order valence-corrected chi connectivity index (χ1v) is 9.93. The van der Waals surface area contributed by atoms with Crippen LogP contribution in [0.25, 0.3) is 17.0 Å². The van der Waals surface area contributed by atoms with E-state index in [1.807, 2.05) is 30.3 Å². The van der Waals surface area contributed by atoms with Gasteiger partial charge in [0.2, 0.25) is 5.91 Å². The van der Waals surface area contributed by atoms with E-state index in [0.717, 1.165) is 41.3 Å². The number of fused-ring (bicyclic) bond motifs is 1. The maximum Gasteiger partial charge on any atom is 0.224 e. The van der Waals surface area contributed by atoms with Gasteiger partial charge >= 0.3 is 0 Å². The molecule has 6 heteroatoms. The molecule has 2 aromatic heterocycles. The number of hydrogen-bond acceptors (Lipinski definition) is 3. The Morgan fingerprint density at radius 1 is 1.11 bits per heavy atom. The Labute approximate surface area is 160 Å². The minimum atomic E-state index is 0.0805. The van der Waals surface area contributed by atoms with Crippen LogP contribution in [-0.2, 0) is 4.79 Å². The molecule has 0 aliphatic carbocycles. The van der Waals surface area contributed by atoms with Gasteiger partial charge in [-0.25, -0.2) is 0 Å². The summed E-state index contributed by atoms with van der Waals surface area (Å²) in [6.07, 6.45) is 6.34. The zero-order chi connectivity index (χ0) is 19.2. The van der Waals surface area contributed by atoms with Crippen LogP contribution in [0.2, 0.25) is 0 Å². The van der Waals surface area contributed by atoms with Crippen LogP contribution in [-0.4, -0.2) is 25.7 Å². The molecule has 0 spiro atoms. The molecule has 1 amide bonds. The fourth-order valence-corrected chi connectivity index (χ4v) is 3.03. The number of unbranched alkanes of at least 4 members (excludes halogenated alkanes) is 4. The number of aromatic amines is 1. The molecule has 0 aliphatic heterocycles. The summed E-state index contributed by atoms with van der Waals surface area (Å²) in [4.78, 5) is 15.3. The predicted molar refractivity (Wildman–Crippen MR) is 109 cm³/mol. The summed E-state index contributed by atoms with van der Waals surface area (Å²) in [5.74, 6) is 1.22. The number of amides is 1. The molecule has 2 N–H and O–H groups in total. The molecule has 27 heavy (non-hydrogen) atoms. The van der Waals surface area contributed by atoms with Crippen molar-refractivity contribution in [3.63, 3.8) is 0 Å². The number of rotatable bonds is 9. The Hall–Kier alpha value is -2.63. The van der Waals surface area contributed by atoms with Crippen LogP contribution < -0.4 is 5.32 Å². The van der Waals surface area contributed by atoms with Crippen molar-refractivity contribution in [2.75, 3.05) is 5.32 Å². The molecule has 0 saturated heterocycles. The van der Waals surface area contributed by atoms with Crippen molar-refractivity contribution >= 4 is 17.2 Å². The highest BCUT2D eigenvalue weighted by atomic mass is 16.1. The van der Waals surface area contributed by atoms with Gasteiger partial charge in [0.1, 0.15) is 0 Å². The lowest BCUT2D eigenvalue weighted by Gasteiger charge is -2.06. The summed E-state index contributed by atoms with van der Waals surface area (Å²) in [7, 11) is 0. The second-order valence-corrected chi connectivity index (χ2v) is 7.36. The van der Waals surface area contributed by atoms with Crippen LogP contribution >= 0.6 is 0 Å². The molecule has 0 fully saturated rings. The molecule has 6 nitrogen and oxygen atoms in total. The van der Waals surface area contributed by atoms with Crippen molar-refractivity contribution < 1.29 is 4.79 Å². The molecule has 3 rings (SSSR count). The molecule has 0 saturated carbocycles. The average Bonchev–Trinajstić information content (AvgIpc) is 3.21. The summed E-state index contributed by atoms with van der Waals surface area (Å²) in [6.45, 7) is 6.42. The molecule has 1 aromatic carbocycles. The quantitative estimate of drug-likeness (QED) is 0.514. The van der Waals surface area contributed by atoms with Crippen molar-refractivity contribution in [1.82, 2.24) is 19.8 Å². The molecule has 0 atom stereocenters. The molecular formula is C21H29N5O. The van der Waals surface area contributed by atoms with E-state index in [9.17, 15) is 4.79 Å². The number of anilines is 1. The van der Waals surface area contributed by atoms with E-state index in [1.165, 1.54) is 19.3 Å². The van der Waals surface area contributed by atoms with E-state index < -0.39 is 0 Å². The maximum atomic E-state index is 12.0. The van der Waals surface area contributed by atoms with E-state index in [-0.39, 0.29) is 5.91 Å². The summed E-state index contributed by atoms with van der Waals surface area (Å²) in [6, 6.07) is 9.76. The Morgan fingerprint density at radius 2 is 1.85 bits per heavy atom. The molecule has 144 valence electrons. The van der Waals surface area contributed by atoms with Gasteiger partial charge in [-0.1, -0.05) is 46.5 Å². The fourth-order valence-electron chi connectivity index (χ4n) is 3.03. The number of nitrogens with zero attached hydrogens (tertiary/aromatic N) is 3. The number of benzene rings is 1. The first-order valence-electron chi connectivity index (χ1n) is 9.93. The van der Waals surface area contributed by atoms with Crippen molar-refractivity contribution in [2.24, 2.45) is 0 Å². The van der Waals surface area contributed by atoms with E-state index >= 15 is 0 Å². The van der Waals surface area contributed by atoms with Gasteiger partial charge in [0, 0.05) is 23.7 Å². The van der Waals surface area contributed by atoms with Crippen LogP contribution in [0.15, 0.2) is 30.3 Å². The van der Waals surface area contributed by atoms with E-state index in [4.69, 9.17) is 0 Å². The van der Waals surface area contributed by atoms with Gasteiger partial charge < -0.3 is 10.3 Å². The van der Waals surface area contributed by atoms with E-state index in [2.05, 4.69) is 41.3 Å². The number of hydrogen-bond donors (Lipinski definition) is 2. The van der Waals surface area contributed by atoms with E-state index in [0.29, 0.717) is 12.3 Å². The van der Waals surface area contributed by atoms with Crippen LogP contribution in [0.3, 0.4) is 0 Å². The van der Waals surface area contributed by atoms with Crippen molar-refractivity contribution in [1.29, 1.82) is 0 Å². The van der Waals surface area contributed by atoms with Gasteiger partial charge in [-0.05, 0) is 36.6 Å². The first kappa shape index (κ1) is 19.1. The molecular weight excluding hydrogens is 338 g/mol. The Morgan fingerprint density at radius 3 is 2.52 bits per heavy atom. The number of H-pyrrole nitrogens is 1. The molecule has 2 heterocycles. The minimum Gasteiger partial charge on any atom is -0.326 e. The third-order valence-corrected chi connectivity index (χ3v) is 4.69. The van der Waals surface area contributed by atoms with Crippen molar-refractivity contribution in [3.05, 3.63) is 36.0 Å². The van der Waals surface area contributed by atoms with Gasteiger partial charge in [-0.3, -0.25) is 4.79 Å². The standard InChI is InChI=1S/C21H29N5O/c1-4-5-6-7-8-9-20(27)22-17-12-10-16(11-13-17)21-23-19-14-18(15(2)3)24-26(19)25-21/h10-15H,4-9H2,1-3H3,(H,22,27)(H,23,25). The third-order valence-electron chi connectivity index (χ3n) is 4.69. The largest absolute Gasteiger partial charge is 0.326 e. The minimum absolute atomic E-state index is 0.0805. The van der Waals surface area contributed by atoms with Gasteiger partial charge in [0.05, 0.1) is 5.69 Å². The second kappa shape index (κ2) is 8.84. The average molecular weight is 367 g/mol. The zero-order valence-corrected chi connectivity index (χ0v) is 16.5. The van der Waals surface area contributed by atoms with Gasteiger partial charge in [-0.15, -0.1) is 9.73 Å². The number of carbonyl (C=O) groups excluding carboxylic acids is 1. The Bertz CT molecular complexity index is 844. The van der Waals surface area contributed by atoms with Crippen LogP contribution in [0.1, 0.15) is 70.9 Å². The van der Waals surface area contributed by atoms with Crippen LogP contribution in [0.4, 0.5) is 5.69 Å². The van der Waals surface area contributed by atoms with Crippen molar-refractivity contribution in [2.45, 2.75) is 65.2 Å². The van der Waals surface area contributed by atoms with Gasteiger partial charge in [0.25, 0.3) is 0 Å². The monoisotopic (exact) mass is 367 g/mol. The third kappa shape index (κ3) is 4.96. The smallest absolute Gasteiger partial charge is 0.224 e. The van der Waals surface area contributed by atoms with Gasteiger partial charge in [0.15, 0.2) is 11.5 Å². The Kier molecular flexibility index (Phi) is 6.27. The highest BCUT2D eigenvalue weighted by Crippen LogP contribution is 2.21. The SMILES string of the molecule is CCCCCCCC(=O)Nc1ccc(-c2nn3nc(C(C)C)cc3[nH]2)cc1. The normalized spacial score (nSPS) is 11.4. The lowest BCUT2D eigenvalue weighted by Crippen LogP contribution is -2.10. The van der Waals surface area contributed by atoms with E-state index in [1.54, 1.807) is 4.63 Å². The maximum absolute atomic E-state index is 12.0. The lowest BCUT2D eigenvalue weighted by molar-refractivity contribution is -0.116. The Balaban J connectivity index is 1.56. The molecule has 0 bridgehead atoms. The molecule has 0 unspecified atom stereocenters. The summed E-state index contributed by atoms with van der Waals surface area (Å²) >= 11 is 0. The van der Waals surface area contributed by atoms with Crippen molar-refractivity contribution in [3.8, 4) is 11.4 Å². The number of nitrogens with one attached hydrogen (secondary N) is 2. The summed E-state index contributed by atoms with van der Waals surface area (Å²) in [5, 5.41) is 11.9. The first-order chi connectivity index (χ1) is 13.1. The topological polar surface area (TPSA) is 75.1 Å². The second-order valence-electron chi connectivity index (χ2n) is 7.36. The van der Waals surface area contributed by atoms with Gasteiger partial charge in [-0.2, -0.15) is 5.10 Å². The highest BCUT2D eigenvalue weighted by Gasteiger charge is 2.11. The zero-order valence-electron chi connectivity index (χ0n) is 16.5. The number of aromatic nitrogens is 4. The predicted octanol–water partition coefficient (Wildman–Crippen LogP) is 5.15.